The van der Waals surface area contributed by atoms with Gasteiger partial charge in [-0.05, 0) is 36.7 Å². The van der Waals surface area contributed by atoms with Crippen molar-refractivity contribution in [2.45, 2.75) is 25.8 Å². The van der Waals surface area contributed by atoms with E-state index in [0.29, 0.717) is 18.5 Å². The van der Waals surface area contributed by atoms with Crippen molar-refractivity contribution in [3.05, 3.63) is 53.1 Å². The number of hydrogen-bond donors (Lipinski definition) is 1. The van der Waals surface area contributed by atoms with Crippen molar-refractivity contribution in [2.75, 3.05) is 6.54 Å². The van der Waals surface area contributed by atoms with Crippen LogP contribution in [0.15, 0.2) is 24.4 Å². The van der Waals surface area contributed by atoms with E-state index in [0.717, 1.165) is 24.2 Å². The lowest BCUT2D eigenvalue weighted by Crippen LogP contribution is -2.24. The normalized spacial score (nSPS) is 12.6. The minimum absolute atomic E-state index is 0.315. The molecule has 0 aliphatic carbocycles. The molecule has 0 radical (unpaired) electrons. The van der Waals surface area contributed by atoms with E-state index in [-0.39, 0.29) is 6.04 Å². The topological polar surface area (TPSA) is 29.9 Å². The van der Waals surface area contributed by atoms with Gasteiger partial charge in [0.2, 0.25) is 0 Å². The van der Waals surface area contributed by atoms with Gasteiger partial charge in [0, 0.05) is 25.7 Å². The molecular formula is C15H18F3N3. The Hall–Kier alpha value is -1.82. The molecule has 0 amide bonds. The summed E-state index contributed by atoms with van der Waals surface area (Å²) in [5.41, 5.74) is 1.18. The first-order valence-corrected chi connectivity index (χ1v) is 6.87. The number of nitrogens with one attached hydrogen (secondary N) is 1. The summed E-state index contributed by atoms with van der Waals surface area (Å²) in [7, 11) is 1.80. The Morgan fingerprint density at radius 2 is 1.90 bits per heavy atom. The molecular weight excluding hydrogens is 279 g/mol. The Bertz CT molecular complexity index is 587. The summed E-state index contributed by atoms with van der Waals surface area (Å²) in [6.07, 6.45) is 3.16. The van der Waals surface area contributed by atoms with E-state index < -0.39 is 17.5 Å². The fraction of sp³-hybridized carbons (Fsp3) is 0.400. The highest BCUT2D eigenvalue weighted by Crippen LogP contribution is 2.22. The fourth-order valence-corrected chi connectivity index (χ4v) is 2.18. The second-order valence-electron chi connectivity index (χ2n) is 4.99. The van der Waals surface area contributed by atoms with Crippen LogP contribution < -0.4 is 5.32 Å². The third-order valence-electron chi connectivity index (χ3n) is 3.23. The minimum atomic E-state index is -1.44. The molecule has 0 aliphatic heterocycles. The summed E-state index contributed by atoms with van der Waals surface area (Å²) < 4.78 is 41.5. The van der Waals surface area contributed by atoms with E-state index in [1.165, 1.54) is 0 Å². The van der Waals surface area contributed by atoms with Gasteiger partial charge in [-0.2, -0.15) is 5.10 Å². The molecule has 6 heteroatoms. The Morgan fingerprint density at radius 3 is 2.43 bits per heavy atom. The minimum Gasteiger partial charge on any atom is -0.310 e. The highest BCUT2D eigenvalue weighted by Gasteiger charge is 2.18. The van der Waals surface area contributed by atoms with Gasteiger partial charge in [-0.25, -0.2) is 13.2 Å². The van der Waals surface area contributed by atoms with Crippen LogP contribution in [0.25, 0.3) is 0 Å². The van der Waals surface area contributed by atoms with E-state index in [9.17, 15) is 13.2 Å². The third kappa shape index (κ3) is 3.85. The molecule has 1 heterocycles. The Morgan fingerprint density at radius 1 is 1.24 bits per heavy atom. The Labute approximate surface area is 121 Å². The summed E-state index contributed by atoms with van der Waals surface area (Å²) in [6.45, 7) is 2.69. The average molecular weight is 297 g/mol. The second kappa shape index (κ2) is 6.76. The van der Waals surface area contributed by atoms with Crippen LogP contribution in [0.3, 0.4) is 0 Å². The maximum absolute atomic E-state index is 13.4. The van der Waals surface area contributed by atoms with Crippen molar-refractivity contribution in [1.82, 2.24) is 15.1 Å². The largest absolute Gasteiger partial charge is 0.310 e. The standard InChI is InChI=1S/C15H18F3N3/c1-3-5-19-14(9-11-4-6-21(2)20-11)10-7-12(16)15(18)13(17)8-10/h4,6-8,14,19H,3,5,9H2,1-2H3. The molecule has 21 heavy (non-hydrogen) atoms. The lowest BCUT2D eigenvalue weighted by Gasteiger charge is -2.18. The number of hydrogen-bond acceptors (Lipinski definition) is 2. The molecule has 0 aliphatic rings. The molecule has 2 rings (SSSR count). The average Bonchev–Trinajstić information content (AvgIpc) is 2.85. The number of aromatic nitrogens is 2. The van der Waals surface area contributed by atoms with Crippen molar-refractivity contribution >= 4 is 0 Å². The molecule has 0 saturated heterocycles. The lowest BCUT2D eigenvalue weighted by atomic mass is 10.0. The number of rotatable bonds is 6. The summed E-state index contributed by atoms with van der Waals surface area (Å²) in [5.74, 6) is -3.78. The van der Waals surface area contributed by atoms with Gasteiger partial charge in [-0.15, -0.1) is 0 Å². The highest BCUT2D eigenvalue weighted by atomic mass is 19.2. The molecule has 114 valence electrons. The van der Waals surface area contributed by atoms with E-state index in [4.69, 9.17) is 0 Å². The number of aryl methyl sites for hydroxylation is 1. The van der Waals surface area contributed by atoms with Crippen molar-refractivity contribution in [3.8, 4) is 0 Å². The molecule has 1 atom stereocenters. The zero-order chi connectivity index (χ0) is 15.4. The van der Waals surface area contributed by atoms with Gasteiger partial charge in [-0.3, -0.25) is 4.68 Å². The van der Waals surface area contributed by atoms with Gasteiger partial charge in [0.15, 0.2) is 17.5 Å². The Balaban J connectivity index is 2.26. The predicted molar refractivity (Wildman–Crippen MR) is 74.3 cm³/mol. The summed E-state index contributed by atoms with van der Waals surface area (Å²) in [5, 5.41) is 7.47. The molecule has 1 aromatic heterocycles. The van der Waals surface area contributed by atoms with Crippen LogP contribution in [0.2, 0.25) is 0 Å². The van der Waals surface area contributed by atoms with Gasteiger partial charge in [-0.1, -0.05) is 6.92 Å². The quantitative estimate of drug-likeness (QED) is 0.830. The molecule has 1 N–H and O–H groups in total. The molecule has 0 bridgehead atoms. The van der Waals surface area contributed by atoms with E-state index in [2.05, 4.69) is 10.4 Å². The maximum Gasteiger partial charge on any atom is 0.194 e. The van der Waals surface area contributed by atoms with Crippen LogP contribution in [0.1, 0.15) is 30.6 Å². The number of halogens is 3. The van der Waals surface area contributed by atoms with Crippen LogP contribution in [-0.2, 0) is 13.5 Å². The Kier molecular flexibility index (Phi) is 5.01. The lowest BCUT2D eigenvalue weighted by molar-refractivity contribution is 0.438. The van der Waals surface area contributed by atoms with Crippen LogP contribution in [0.5, 0.6) is 0 Å². The fourth-order valence-electron chi connectivity index (χ4n) is 2.18. The molecule has 0 spiro atoms. The van der Waals surface area contributed by atoms with Crippen molar-refractivity contribution in [3.63, 3.8) is 0 Å². The summed E-state index contributed by atoms with van der Waals surface area (Å²) in [4.78, 5) is 0. The van der Waals surface area contributed by atoms with Gasteiger partial charge in [0.25, 0.3) is 0 Å². The predicted octanol–water partition coefficient (Wildman–Crippen LogP) is 3.12. The number of benzene rings is 1. The monoisotopic (exact) mass is 297 g/mol. The second-order valence-corrected chi connectivity index (χ2v) is 4.99. The molecule has 2 aromatic rings. The van der Waals surface area contributed by atoms with Crippen molar-refractivity contribution in [2.24, 2.45) is 7.05 Å². The van der Waals surface area contributed by atoms with Gasteiger partial charge in [0.1, 0.15) is 0 Å². The first kappa shape index (κ1) is 15.6. The van der Waals surface area contributed by atoms with Crippen molar-refractivity contribution in [1.29, 1.82) is 0 Å². The molecule has 1 aromatic carbocycles. The molecule has 3 nitrogen and oxygen atoms in total. The van der Waals surface area contributed by atoms with Crippen LogP contribution in [0, 0.1) is 17.5 Å². The highest BCUT2D eigenvalue weighted by molar-refractivity contribution is 5.24. The zero-order valence-corrected chi connectivity index (χ0v) is 12.0. The SMILES string of the molecule is CCCNC(Cc1ccn(C)n1)c1cc(F)c(F)c(F)c1. The molecule has 1 unspecified atom stereocenters. The van der Waals surface area contributed by atoms with Gasteiger partial charge < -0.3 is 5.32 Å². The first-order valence-electron chi connectivity index (χ1n) is 6.87. The van der Waals surface area contributed by atoms with Crippen molar-refractivity contribution < 1.29 is 13.2 Å². The molecule has 0 saturated carbocycles. The summed E-state index contributed by atoms with van der Waals surface area (Å²) in [6, 6.07) is 3.60. The van der Waals surface area contributed by atoms with Crippen LogP contribution in [0.4, 0.5) is 13.2 Å². The van der Waals surface area contributed by atoms with Gasteiger partial charge in [0.05, 0.1) is 5.69 Å². The van der Waals surface area contributed by atoms with Crippen LogP contribution in [-0.4, -0.2) is 16.3 Å². The first-order chi connectivity index (χ1) is 10.0. The summed E-state index contributed by atoms with van der Waals surface area (Å²) >= 11 is 0. The zero-order valence-electron chi connectivity index (χ0n) is 12.0. The van der Waals surface area contributed by atoms with Crippen LogP contribution >= 0.6 is 0 Å². The number of nitrogens with zero attached hydrogens (tertiary/aromatic N) is 2. The van der Waals surface area contributed by atoms with Gasteiger partial charge >= 0.3 is 0 Å². The smallest absolute Gasteiger partial charge is 0.194 e. The third-order valence-corrected chi connectivity index (χ3v) is 3.23. The van der Waals surface area contributed by atoms with E-state index in [1.54, 1.807) is 17.9 Å². The molecule has 0 fully saturated rings. The maximum atomic E-state index is 13.4. The van der Waals surface area contributed by atoms with E-state index >= 15 is 0 Å². The van der Waals surface area contributed by atoms with E-state index in [1.807, 2.05) is 13.0 Å².